The number of hydrogen-bond acceptors (Lipinski definition) is 3. The number of aromatic nitrogens is 2. The molecule has 3 aromatic rings. The summed E-state index contributed by atoms with van der Waals surface area (Å²) in [7, 11) is 0. The van der Waals surface area contributed by atoms with Gasteiger partial charge in [-0.3, -0.25) is 4.79 Å². The Labute approximate surface area is 167 Å². The predicted octanol–water partition coefficient (Wildman–Crippen LogP) is 5.07. The number of carbonyl (C=O) groups is 1. The Morgan fingerprint density at radius 1 is 1.22 bits per heavy atom. The Kier molecular flexibility index (Phi) is 4.98. The zero-order valence-corrected chi connectivity index (χ0v) is 16.8. The van der Waals surface area contributed by atoms with Gasteiger partial charge in [0.05, 0.1) is 17.8 Å². The summed E-state index contributed by atoms with van der Waals surface area (Å²) >= 11 is 8.03. The zero-order chi connectivity index (χ0) is 19.0. The summed E-state index contributed by atoms with van der Waals surface area (Å²) in [5.41, 5.74) is 6.31. The molecule has 138 valence electrons. The number of amides is 1. The van der Waals surface area contributed by atoms with E-state index in [9.17, 15) is 4.79 Å². The molecule has 2 heterocycles. The average Bonchev–Trinajstić information content (AvgIpc) is 3.20. The van der Waals surface area contributed by atoms with E-state index in [1.807, 2.05) is 34.6 Å². The van der Waals surface area contributed by atoms with Crippen molar-refractivity contribution < 1.29 is 4.79 Å². The summed E-state index contributed by atoms with van der Waals surface area (Å²) in [5, 5.41) is 8.49. The van der Waals surface area contributed by atoms with Gasteiger partial charge in [0.2, 0.25) is 5.91 Å². The molecule has 0 aliphatic carbocycles. The molecular formula is C21H20ClN3OS. The lowest BCUT2D eigenvalue weighted by Gasteiger charge is -2.14. The van der Waals surface area contributed by atoms with Gasteiger partial charge < -0.3 is 5.32 Å². The van der Waals surface area contributed by atoms with Crippen LogP contribution in [-0.2, 0) is 22.7 Å². The van der Waals surface area contributed by atoms with Gasteiger partial charge in [-0.05, 0) is 37.1 Å². The van der Waals surface area contributed by atoms with E-state index in [2.05, 4.69) is 37.4 Å². The first kappa shape index (κ1) is 18.1. The molecular weight excluding hydrogens is 378 g/mol. The highest BCUT2D eigenvalue weighted by Gasteiger charge is 2.25. The Bertz CT molecular complexity index is 1030. The Balaban J connectivity index is 1.68. The first-order chi connectivity index (χ1) is 13.0. The molecule has 0 spiro atoms. The minimum absolute atomic E-state index is 0.0892. The Morgan fingerprint density at radius 2 is 2.04 bits per heavy atom. The minimum Gasteiger partial charge on any atom is -0.310 e. The van der Waals surface area contributed by atoms with Gasteiger partial charge in [0.1, 0.15) is 5.82 Å². The van der Waals surface area contributed by atoms with Crippen LogP contribution in [0.3, 0.4) is 0 Å². The molecule has 0 radical (unpaired) electrons. The maximum absolute atomic E-state index is 12.7. The molecule has 2 aromatic carbocycles. The molecule has 0 fully saturated rings. The van der Waals surface area contributed by atoms with E-state index >= 15 is 0 Å². The third-order valence-corrected chi connectivity index (χ3v) is 6.04. The molecule has 0 saturated heterocycles. The molecule has 1 N–H and O–H groups in total. The summed E-state index contributed by atoms with van der Waals surface area (Å²) in [4.78, 5) is 12.7. The van der Waals surface area contributed by atoms with E-state index in [0.717, 1.165) is 45.4 Å². The molecule has 0 atom stereocenters. The second-order valence-corrected chi connectivity index (χ2v) is 8.18. The van der Waals surface area contributed by atoms with E-state index < -0.39 is 0 Å². The Hall–Kier alpha value is -2.24. The lowest BCUT2D eigenvalue weighted by Crippen LogP contribution is -2.18. The normalized spacial score (nSPS) is 12.9. The number of hydrogen-bond donors (Lipinski definition) is 1. The smallest absolute Gasteiger partial charge is 0.230 e. The van der Waals surface area contributed by atoms with Crippen LogP contribution in [-0.4, -0.2) is 15.7 Å². The molecule has 4 nitrogen and oxygen atoms in total. The molecule has 4 rings (SSSR count). The van der Waals surface area contributed by atoms with Crippen molar-refractivity contribution in [2.75, 3.05) is 5.32 Å². The van der Waals surface area contributed by atoms with Crippen LogP contribution >= 0.6 is 23.4 Å². The number of fused-ring (bicyclic) bond motifs is 1. The van der Waals surface area contributed by atoms with Gasteiger partial charge in [-0.2, -0.15) is 16.9 Å². The molecule has 1 aliphatic rings. The van der Waals surface area contributed by atoms with E-state index in [-0.39, 0.29) is 12.3 Å². The average molecular weight is 398 g/mol. The van der Waals surface area contributed by atoms with Crippen molar-refractivity contribution in [1.29, 1.82) is 0 Å². The molecule has 0 bridgehead atoms. The van der Waals surface area contributed by atoms with Crippen molar-refractivity contribution in [3.63, 3.8) is 0 Å². The monoisotopic (exact) mass is 397 g/mol. The fourth-order valence-corrected chi connectivity index (χ4v) is 4.59. The number of aryl methyl sites for hydroxylation is 2. The first-order valence-corrected chi connectivity index (χ1v) is 10.4. The summed E-state index contributed by atoms with van der Waals surface area (Å²) < 4.78 is 1.88. The van der Waals surface area contributed by atoms with Crippen molar-refractivity contribution in [2.24, 2.45) is 0 Å². The third-order valence-electron chi connectivity index (χ3n) is 4.70. The van der Waals surface area contributed by atoms with Crippen molar-refractivity contribution in [3.8, 4) is 5.69 Å². The van der Waals surface area contributed by atoms with Crippen molar-refractivity contribution in [2.45, 2.75) is 31.8 Å². The van der Waals surface area contributed by atoms with Gasteiger partial charge in [-0.25, -0.2) is 4.68 Å². The van der Waals surface area contributed by atoms with Crippen molar-refractivity contribution in [3.05, 3.63) is 75.4 Å². The van der Waals surface area contributed by atoms with E-state index in [0.29, 0.717) is 5.02 Å². The van der Waals surface area contributed by atoms with Crippen molar-refractivity contribution >= 4 is 35.1 Å². The highest BCUT2D eigenvalue weighted by molar-refractivity contribution is 7.98. The second-order valence-electron chi connectivity index (χ2n) is 6.78. The fraction of sp³-hybridized carbons (Fsp3) is 0.238. The van der Waals surface area contributed by atoms with Crippen LogP contribution in [0.4, 0.5) is 5.82 Å². The van der Waals surface area contributed by atoms with Crippen molar-refractivity contribution in [1.82, 2.24) is 9.78 Å². The standard InChI is InChI=1S/C21H20ClN3OS/c1-13-7-8-19(14(2)9-13)25-21(16-11-27-12-18(16)24-25)23-20(26)10-15-5-3-4-6-17(15)22/h3-9H,10-12H2,1-2H3,(H,23,26). The number of rotatable bonds is 4. The lowest BCUT2D eigenvalue weighted by atomic mass is 10.1. The van der Waals surface area contributed by atoms with Crippen LogP contribution in [0.25, 0.3) is 5.69 Å². The van der Waals surface area contributed by atoms with Crippen LogP contribution in [0.5, 0.6) is 0 Å². The third kappa shape index (κ3) is 3.62. The predicted molar refractivity (Wildman–Crippen MR) is 112 cm³/mol. The van der Waals surface area contributed by atoms with Crippen LogP contribution in [0.1, 0.15) is 27.9 Å². The van der Waals surface area contributed by atoms with Gasteiger partial charge in [0, 0.05) is 22.1 Å². The summed E-state index contributed by atoms with van der Waals surface area (Å²) in [6.45, 7) is 4.14. The molecule has 6 heteroatoms. The number of thioether (sulfide) groups is 1. The second kappa shape index (κ2) is 7.41. The fourth-order valence-electron chi connectivity index (χ4n) is 3.35. The molecule has 1 aliphatic heterocycles. The maximum atomic E-state index is 12.7. The number of carbonyl (C=O) groups excluding carboxylic acids is 1. The number of benzene rings is 2. The Morgan fingerprint density at radius 3 is 2.81 bits per heavy atom. The van der Waals surface area contributed by atoms with Gasteiger partial charge >= 0.3 is 0 Å². The summed E-state index contributed by atoms with van der Waals surface area (Å²) in [6, 6.07) is 13.7. The highest BCUT2D eigenvalue weighted by atomic mass is 35.5. The SMILES string of the molecule is Cc1ccc(-n2nc3c(c2NC(=O)Cc2ccccc2Cl)CSC3)c(C)c1. The van der Waals surface area contributed by atoms with Gasteiger partial charge in [0.25, 0.3) is 0 Å². The topological polar surface area (TPSA) is 46.9 Å². The lowest BCUT2D eigenvalue weighted by molar-refractivity contribution is -0.115. The summed E-state index contributed by atoms with van der Waals surface area (Å²) in [5.74, 6) is 2.43. The van der Waals surface area contributed by atoms with Crippen LogP contribution in [0.15, 0.2) is 42.5 Å². The quantitative estimate of drug-likeness (QED) is 0.668. The number of halogens is 1. The maximum Gasteiger partial charge on any atom is 0.230 e. The van der Waals surface area contributed by atoms with Gasteiger partial charge in [-0.1, -0.05) is 47.5 Å². The molecule has 27 heavy (non-hydrogen) atoms. The zero-order valence-electron chi connectivity index (χ0n) is 15.3. The highest BCUT2D eigenvalue weighted by Crippen LogP contribution is 2.36. The van der Waals surface area contributed by atoms with Crippen LogP contribution < -0.4 is 5.32 Å². The minimum atomic E-state index is -0.0892. The number of nitrogens with zero attached hydrogens (tertiary/aromatic N) is 2. The number of anilines is 1. The molecule has 0 saturated carbocycles. The first-order valence-electron chi connectivity index (χ1n) is 8.82. The molecule has 1 amide bonds. The van der Waals surface area contributed by atoms with Gasteiger partial charge in [-0.15, -0.1) is 0 Å². The van der Waals surface area contributed by atoms with E-state index in [1.54, 1.807) is 6.07 Å². The number of nitrogens with one attached hydrogen (secondary N) is 1. The van der Waals surface area contributed by atoms with Crippen LogP contribution in [0.2, 0.25) is 5.02 Å². The van der Waals surface area contributed by atoms with E-state index in [1.165, 1.54) is 5.56 Å². The van der Waals surface area contributed by atoms with Crippen LogP contribution in [0, 0.1) is 13.8 Å². The molecule has 1 aromatic heterocycles. The largest absolute Gasteiger partial charge is 0.310 e. The van der Waals surface area contributed by atoms with Gasteiger partial charge in [0.15, 0.2) is 0 Å². The van der Waals surface area contributed by atoms with E-state index in [4.69, 9.17) is 16.7 Å². The molecule has 0 unspecified atom stereocenters. The summed E-state index contributed by atoms with van der Waals surface area (Å²) in [6.07, 6.45) is 0.236.